The van der Waals surface area contributed by atoms with Gasteiger partial charge in [0, 0.05) is 16.3 Å². The van der Waals surface area contributed by atoms with Crippen LogP contribution in [0.1, 0.15) is 19.0 Å². The molecule has 0 fully saturated rings. The van der Waals surface area contributed by atoms with Gasteiger partial charge in [-0.2, -0.15) is 0 Å². The third kappa shape index (κ3) is 1.46. The Kier molecular flexibility index (Phi) is 2.25. The summed E-state index contributed by atoms with van der Waals surface area (Å²) < 4.78 is 0. The van der Waals surface area contributed by atoms with Crippen molar-refractivity contribution >= 4 is 27.5 Å². The number of H-pyrrole nitrogens is 1. The van der Waals surface area contributed by atoms with Crippen LogP contribution in [0.5, 0.6) is 0 Å². The molecule has 3 rings (SSSR count). The molecule has 0 radical (unpaired) electrons. The normalized spacial score (nSPS) is 11.4. The van der Waals surface area contributed by atoms with Gasteiger partial charge in [-0.05, 0) is 12.5 Å². The van der Waals surface area contributed by atoms with E-state index in [-0.39, 0.29) is 0 Å². The fourth-order valence-electron chi connectivity index (χ4n) is 2.36. The number of aromatic amines is 1. The van der Waals surface area contributed by atoms with E-state index in [1.165, 1.54) is 5.39 Å². The van der Waals surface area contributed by atoms with Crippen molar-refractivity contribution in [3.63, 3.8) is 0 Å². The maximum atomic E-state index is 6.05. The summed E-state index contributed by atoms with van der Waals surface area (Å²) >= 11 is 0. The van der Waals surface area contributed by atoms with E-state index in [2.05, 4.69) is 29.0 Å². The SMILES string of the molecule is CCCc1ncc(N)c2c1[nH]c1ccccc12. The van der Waals surface area contributed by atoms with Crippen molar-refractivity contribution < 1.29 is 0 Å². The van der Waals surface area contributed by atoms with E-state index in [9.17, 15) is 0 Å². The molecule has 3 N–H and O–H groups in total. The molecule has 1 aromatic carbocycles. The van der Waals surface area contributed by atoms with Crippen molar-refractivity contribution in [2.75, 3.05) is 5.73 Å². The van der Waals surface area contributed by atoms with Crippen LogP contribution in [0.15, 0.2) is 30.5 Å². The number of hydrogen-bond acceptors (Lipinski definition) is 2. The van der Waals surface area contributed by atoms with Gasteiger partial charge in [0.1, 0.15) is 0 Å². The zero-order valence-electron chi connectivity index (χ0n) is 9.83. The Bertz CT molecular complexity index is 682. The molecule has 3 nitrogen and oxygen atoms in total. The van der Waals surface area contributed by atoms with E-state index in [0.717, 1.165) is 40.6 Å². The number of aryl methyl sites for hydroxylation is 1. The summed E-state index contributed by atoms with van der Waals surface area (Å²) in [4.78, 5) is 7.86. The number of hydrogen-bond donors (Lipinski definition) is 2. The second kappa shape index (κ2) is 3.77. The Morgan fingerprint density at radius 2 is 2.12 bits per heavy atom. The second-order valence-corrected chi connectivity index (χ2v) is 4.33. The van der Waals surface area contributed by atoms with Gasteiger partial charge in [0.25, 0.3) is 0 Å². The van der Waals surface area contributed by atoms with Crippen molar-refractivity contribution in [3.05, 3.63) is 36.2 Å². The number of fused-ring (bicyclic) bond motifs is 3. The zero-order valence-corrected chi connectivity index (χ0v) is 9.83. The lowest BCUT2D eigenvalue weighted by Crippen LogP contribution is -1.94. The minimum absolute atomic E-state index is 0.748. The quantitative estimate of drug-likeness (QED) is 0.703. The first kappa shape index (κ1) is 10.1. The number of nitrogens with one attached hydrogen (secondary N) is 1. The summed E-state index contributed by atoms with van der Waals surface area (Å²) in [6.07, 6.45) is 3.83. The minimum atomic E-state index is 0.748. The molecular weight excluding hydrogens is 210 g/mol. The summed E-state index contributed by atoms with van der Waals surface area (Å²) in [7, 11) is 0. The first-order valence-corrected chi connectivity index (χ1v) is 5.95. The van der Waals surface area contributed by atoms with E-state index >= 15 is 0 Å². The van der Waals surface area contributed by atoms with Crippen molar-refractivity contribution in [1.29, 1.82) is 0 Å². The van der Waals surface area contributed by atoms with Gasteiger partial charge in [-0.3, -0.25) is 4.98 Å². The molecule has 3 heteroatoms. The molecular formula is C14H15N3. The Morgan fingerprint density at radius 1 is 1.29 bits per heavy atom. The molecule has 0 unspecified atom stereocenters. The second-order valence-electron chi connectivity index (χ2n) is 4.33. The standard InChI is InChI=1S/C14H15N3/c1-2-5-12-14-13(10(15)8-16-12)9-6-3-4-7-11(9)17-14/h3-4,6-8,17H,2,5,15H2,1H3. The van der Waals surface area contributed by atoms with Crippen LogP contribution in [-0.2, 0) is 6.42 Å². The van der Waals surface area contributed by atoms with Gasteiger partial charge in [0.15, 0.2) is 0 Å². The largest absolute Gasteiger partial charge is 0.397 e. The van der Waals surface area contributed by atoms with Crippen LogP contribution in [0.3, 0.4) is 0 Å². The van der Waals surface area contributed by atoms with E-state index in [4.69, 9.17) is 5.73 Å². The lowest BCUT2D eigenvalue weighted by Gasteiger charge is -2.02. The lowest BCUT2D eigenvalue weighted by atomic mass is 10.1. The number of rotatable bonds is 2. The van der Waals surface area contributed by atoms with E-state index in [1.807, 2.05) is 12.1 Å². The number of anilines is 1. The average molecular weight is 225 g/mol. The molecule has 0 saturated carbocycles. The van der Waals surface area contributed by atoms with Crippen LogP contribution in [-0.4, -0.2) is 9.97 Å². The number of nitrogen functional groups attached to an aromatic ring is 1. The van der Waals surface area contributed by atoms with Crippen LogP contribution in [0.2, 0.25) is 0 Å². The molecule has 3 aromatic rings. The molecule has 0 atom stereocenters. The molecule has 86 valence electrons. The van der Waals surface area contributed by atoms with Crippen molar-refractivity contribution in [1.82, 2.24) is 9.97 Å². The third-order valence-corrected chi connectivity index (χ3v) is 3.13. The summed E-state index contributed by atoms with van der Waals surface area (Å²) in [5, 5.41) is 2.29. The topological polar surface area (TPSA) is 54.7 Å². The third-order valence-electron chi connectivity index (χ3n) is 3.13. The summed E-state index contributed by atoms with van der Waals surface area (Å²) in [6.45, 7) is 2.16. The molecule has 0 bridgehead atoms. The van der Waals surface area contributed by atoms with Crippen molar-refractivity contribution in [3.8, 4) is 0 Å². The molecule has 17 heavy (non-hydrogen) atoms. The number of benzene rings is 1. The summed E-state index contributed by atoms with van der Waals surface area (Å²) in [5.74, 6) is 0. The van der Waals surface area contributed by atoms with Crippen molar-refractivity contribution in [2.24, 2.45) is 0 Å². The average Bonchev–Trinajstić information content (AvgIpc) is 2.73. The fraction of sp³-hybridized carbons (Fsp3) is 0.214. The van der Waals surface area contributed by atoms with Crippen LogP contribution in [0, 0.1) is 0 Å². The molecule has 0 aliphatic carbocycles. The minimum Gasteiger partial charge on any atom is -0.397 e. The molecule has 0 spiro atoms. The number of pyridine rings is 1. The van der Waals surface area contributed by atoms with Gasteiger partial charge in [-0.1, -0.05) is 31.5 Å². The van der Waals surface area contributed by atoms with Gasteiger partial charge >= 0.3 is 0 Å². The molecule has 0 saturated heterocycles. The van der Waals surface area contributed by atoms with Crippen LogP contribution >= 0.6 is 0 Å². The predicted octanol–water partition coefficient (Wildman–Crippen LogP) is 3.25. The molecule has 0 aliphatic heterocycles. The monoisotopic (exact) mass is 225 g/mol. The van der Waals surface area contributed by atoms with Gasteiger partial charge in [-0.15, -0.1) is 0 Å². The zero-order chi connectivity index (χ0) is 11.8. The Labute approximate surface area is 99.7 Å². The van der Waals surface area contributed by atoms with Crippen LogP contribution < -0.4 is 5.73 Å². The van der Waals surface area contributed by atoms with E-state index < -0.39 is 0 Å². The van der Waals surface area contributed by atoms with Crippen molar-refractivity contribution in [2.45, 2.75) is 19.8 Å². The van der Waals surface area contributed by atoms with Gasteiger partial charge in [-0.25, -0.2) is 0 Å². The lowest BCUT2D eigenvalue weighted by molar-refractivity contribution is 0.891. The summed E-state index contributed by atoms with van der Waals surface area (Å²) in [6, 6.07) is 8.24. The Morgan fingerprint density at radius 3 is 2.94 bits per heavy atom. The first-order valence-electron chi connectivity index (χ1n) is 5.95. The van der Waals surface area contributed by atoms with Crippen LogP contribution in [0.25, 0.3) is 21.8 Å². The number of nitrogens with zero attached hydrogens (tertiary/aromatic N) is 1. The molecule has 2 aromatic heterocycles. The Balaban J connectivity index is 2.45. The first-order chi connectivity index (χ1) is 8.31. The molecule has 2 heterocycles. The van der Waals surface area contributed by atoms with Gasteiger partial charge in [0.2, 0.25) is 0 Å². The highest BCUT2D eigenvalue weighted by molar-refractivity contribution is 6.13. The predicted molar refractivity (Wildman–Crippen MR) is 72.0 cm³/mol. The number of para-hydroxylation sites is 1. The fourth-order valence-corrected chi connectivity index (χ4v) is 2.36. The summed E-state index contributed by atoms with van der Waals surface area (Å²) in [5.41, 5.74) is 10.1. The Hall–Kier alpha value is -2.03. The molecule has 0 amide bonds. The van der Waals surface area contributed by atoms with Crippen LogP contribution in [0.4, 0.5) is 5.69 Å². The van der Waals surface area contributed by atoms with E-state index in [0.29, 0.717) is 0 Å². The smallest absolute Gasteiger partial charge is 0.0704 e. The maximum Gasteiger partial charge on any atom is 0.0704 e. The van der Waals surface area contributed by atoms with Gasteiger partial charge in [0.05, 0.1) is 23.1 Å². The molecule has 0 aliphatic rings. The van der Waals surface area contributed by atoms with E-state index in [1.54, 1.807) is 6.20 Å². The highest BCUT2D eigenvalue weighted by Gasteiger charge is 2.11. The number of nitrogens with two attached hydrogens (primary N) is 1. The maximum absolute atomic E-state index is 6.05. The van der Waals surface area contributed by atoms with Gasteiger partial charge < -0.3 is 10.7 Å². The highest BCUT2D eigenvalue weighted by atomic mass is 14.8. The highest BCUT2D eigenvalue weighted by Crippen LogP contribution is 2.31. The number of aromatic nitrogens is 2.